The molecule has 2 aromatic heterocycles. The van der Waals surface area contributed by atoms with Crippen LogP contribution in [0, 0.1) is 0 Å². The summed E-state index contributed by atoms with van der Waals surface area (Å²) >= 11 is 6.33. The third-order valence-corrected chi connectivity index (χ3v) is 3.27. The van der Waals surface area contributed by atoms with Gasteiger partial charge in [-0.1, -0.05) is 18.5 Å². The van der Waals surface area contributed by atoms with Crippen LogP contribution in [-0.4, -0.2) is 23.6 Å². The van der Waals surface area contributed by atoms with Crippen LogP contribution in [0.2, 0.25) is 5.02 Å². The molecule has 0 radical (unpaired) electrons. The highest BCUT2D eigenvalue weighted by Crippen LogP contribution is 2.24. The molecular weight excluding hydrogens is 272 g/mol. The van der Waals surface area contributed by atoms with Crippen molar-refractivity contribution in [1.29, 1.82) is 0 Å². The Labute approximate surface area is 124 Å². The van der Waals surface area contributed by atoms with Crippen LogP contribution in [-0.2, 0) is 13.1 Å². The number of nitrogens with zero attached hydrogens (tertiary/aromatic N) is 3. The van der Waals surface area contributed by atoms with E-state index in [2.05, 4.69) is 22.2 Å². The molecule has 106 valence electrons. The zero-order valence-corrected chi connectivity index (χ0v) is 12.6. The third-order valence-electron chi connectivity index (χ3n) is 2.99. The van der Waals surface area contributed by atoms with Crippen LogP contribution in [0.25, 0.3) is 0 Å². The van der Waals surface area contributed by atoms with Crippen molar-refractivity contribution in [2.24, 2.45) is 0 Å². The standard InChI is InChI=1S/C15H19ClN4/c1-3-17-9-13-8-14(16)15(19-10-13)20(2)11-12-4-6-18-7-5-12/h4-8,10,17H,3,9,11H2,1-2H3. The van der Waals surface area contributed by atoms with Crippen molar-refractivity contribution in [3.63, 3.8) is 0 Å². The first kappa shape index (κ1) is 14.8. The Bertz CT molecular complexity index is 545. The Morgan fingerprint density at radius 2 is 2.00 bits per heavy atom. The summed E-state index contributed by atoms with van der Waals surface area (Å²) < 4.78 is 0. The van der Waals surface area contributed by atoms with Gasteiger partial charge in [0.15, 0.2) is 0 Å². The number of anilines is 1. The largest absolute Gasteiger partial charge is 0.354 e. The van der Waals surface area contributed by atoms with E-state index in [1.54, 1.807) is 12.4 Å². The summed E-state index contributed by atoms with van der Waals surface area (Å²) in [5.41, 5.74) is 2.27. The first-order chi connectivity index (χ1) is 9.70. The van der Waals surface area contributed by atoms with Crippen molar-refractivity contribution in [2.75, 3.05) is 18.5 Å². The van der Waals surface area contributed by atoms with Crippen LogP contribution in [0.3, 0.4) is 0 Å². The lowest BCUT2D eigenvalue weighted by molar-refractivity contribution is 0.724. The molecule has 4 nitrogen and oxygen atoms in total. The highest BCUT2D eigenvalue weighted by molar-refractivity contribution is 6.33. The molecule has 0 spiro atoms. The summed E-state index contributed by atoms with van der Waals surface area (Å²) in [5, 5.41) is 3.94. The third kappa shape index (κ3) is 3.92. The molecule has 0 aliphatic heterocycles. The van der Waals surface area contributed by atoms with Crippen molar-refractivity contribution in [1.82, 2.24) is 15.3 Å². The van der Waals surface area contributed by atoms with Gasteiger partial charge in [0.05, 0.1) is 5.02 Å². The number of hydrogen-bond donors (Lipinski definition) is 1. The minimum atomic E-state index is 0.678. The average molecular weight is 291 g/mol. The van der Waals surface area contributed by atoms with E-state index in [-0.39, 0.29) is 0 Å². The molecule has 0 bridgehead atoms. The molecular formula is C15H19ClN4. The van der Waals surface area contributed by atoms with Gasteiger partial charge < -0.3 is 10.2 Å². The quantitative estimate of drug-likeness (QED) is 0.888. The molecule has 2 aromatic rings. The SMILES string of the molecule is CCNCc1cnc(N(C)Cc2ccncc2)c(Cl)c1. The summed E-state index contributed by atoms with van der Waals surface area (Å²) in [7, 11) is 1.98. The van der Waals surface area contributed by atoms with E-state index in [4.69, 9.17) is 11.6 Å². The highest BCUT2D eigenvalue weighted by atomic mass is 35.5. The molecule has 0 saturated carbocycles. The van der Waals surface area contributed by atoms with Gasteiger partial charge in [-0.25, -0.2) is 4.98 Å². The lowest BCUT2D eigenvalue weighted by atomic mass is 10.2. The number of rotatable bonds is 6. The van der Waals surface area contributed by atoms with E-state index in [1.807, 2.05) is 36.3 Å². The molecule has 20 heavy (non-hydrogen) atoms. The lowest BCUT2D eigenvalue weighted by Gasteiger charge is -2.19. The first-order valence-corrected chi connectivity index (χ1v) is 7.03. The van der Waals surface area contributed by atoms with Crippen molar-refractivity contribution in [2.45, 2.75) is 20.0 Å². The fraction of sp³-hybridized carbons (Fsp3) is 0.333. The monoisotopic (exact) mass is 290 g/mol. The molecule has 1 N–H and O–H groups in total. The molecule has 0 amide bonds. The number of hydrogen-bond acceptors (Lipinski definition) is 4. The molecule has 0 atom stereocenters. The second-order valence-electron chi connectivity index (χ2n) is 4.64. The van der Waals surface area contributed by atoms with Crippen molar-refractivity contribution >= 4 is 17.4 Å². The van der Waals surface area contributed by atoms with Crippen molar-refractivity contribution in [3.05, 3.63) is 52.9 Å². The van der Waals surface area contributed by atoms with Crippen LogP contribution >= 0.6 is 11.6 Å². The smallest absolute Gasteiger partial charge is 0.147 e. The van der Waals surface area contributed by atoms with Gasteiger partial charge >= 0.3 is 0 Å². The summed E-state index contributed by atoms with van der Waals surface area (Å²) in [6.07, 6.45) is 5.45. The first-order valence-electron chi connectivity index (χ1n) is 6.66. The molecule has 0 aliphatic rings. The molecule has 5 heteroatoms. The van der Waals surface area contributed by atoms with Gasteiger partial charge in [0.1, 0.15) is 5.82 Å². The average Bonchev–Trinajstić information content (AvgIpc) is 2.46. The maximum absolute atomic E-state index is 6.33. The Morgan fingerprint density at radius 3 is 2.65 bits per heavy atom. The summed E-state index contributed by atoms with van der Waals surface area (Å²) in [4.78, 5) is 10.5. The minimum absolute atomic E-state index is 0.678. The van der Waals surface area contributed by atoms with Crippen molar-refractivity contribution in [3.8, 4) is 0 Å². The van der Waals surface area contributed by atoms with Gasteiger partial charge in [-0.3, -0.25) is 4.98 Å². The fourth-order valence-corrected chi connectivity index (χ4v) is 2.29. The van der Waals surface area contributed by atoms with E-state index >= 15 is 0 Å². The Kier molecular flexibility index (Phi) is 5.32. The molecule has 0 aliphatic carbocycles. The van der Waals surface area contributed by atoms with Gasteiger partial charge in [0.25, 0.3) is 0 Å². The van der Waals surface area contributed by atoms with Crippen LogP contribution in [0.1, 0.15) is 18.1 Å². The maximum atomic E-state index is 6.33. The van der Waals surface area contributed by atoms with E-state index in [0.717, 1.165) is 31.0 Å². The predicted octanol–water partition coefficient (Wildman–Crippen LogP) is 2.88. The zero-order chi connectivity index (χ0) is 14.4. The van der Waals surface area contributed by atoms with Gasteiger partial charge in [-0.15, -0.1) is 0 Å². The molecule has 0 aromatic carbocycles. The van der Waals surface area contributed by atoms with Crippen LogP contribution in [0.15, 0.2) is 36.8 Å². The van der Waals surface area contributed by atoms with Crippen molar-refractivity contribution < 1.29 is 0 Å². The maximum Gasteiger partial charge on any atom is 0.147 e. The fourth-order valence-electron chi connectivity index (χ4n) is 1.95. The topological polar surface area (TPSA) is 41.1 Å². The number of aromatic nitrogens is 2. The van der Waals surface area contributed by atoms with Crippen LogP contribution in [0.4, 0.5) is 5.82 Å². The molecule has 2 heterocycles. The van der Waals surface area contributed by atoms with Gasteiger partial charge in [-0.05, 0) is 35.9 Å². The van der Waals surface area contributed by atoms with Gasteiger partial charge in [0, 0.05) is 38.7 Å². The molecule has 0 saturated heterocycles. The second kappa shape index (κ2) is 7.22. The summed E-state index contributed by atoms with van der Waals surface area (Å²) in [6.45, 7) is 4.55. The van der Waals surface area contributed by atoms with Crippen LogP contribution < -0.4 is 10.2 Å². The van der Waals surface area contributed by atoms with Gasteiger partial charge in [0.2, 0.25) is 0 Å². The summed E-state index contributed by atoms with van der Waals surface area (Å²) in [5.74, 6) is 0.795. The number of nitrogens with one attached hydrogen (secondary N) is 1. The summed E-state index contributed by atoms with van der Waals surface area (Å²) in [6, 6.07) is 5.95. The normalized spacial score (nSPS) is 10.6. The van der Waals surface area contributed by atoms with E-state index in [1.165, 1.54) is 5.56 Å². The Morgan fingerprint density at radius 1 is 1.25 bits per heavy atom. The second-order valence-corrected chi connectivity index (χ2v) is 5.05. The predicted molar refractivity (Wildman–Crippen MR) is 83.0 cm³/mol. The Hall–Kier alpha value is -1.65. The van der Waals surface area contributed by atoms with E-state index in [0.29, 0.717) is 5.02 Å². The Balaban J connectivity index is 2.08. The number of pyridine rings is 2. The van der Waals surface area contributed by atoms with E-state index in [9.17, 15) is 0 Å². The molecule has 2 rings (SSSR count). The number of halogens is 1. The molecule has 0 fully saturated rings. The van der Waals surface area contributed by atoms with E-state index < -0.39 is 0 Å². The highest BCUT2D eigenvalue weighted by Gasteiger charge is 2.09. The zero-order valence-electron chi connectivity index (χ0n) is 11.8. The van der Waals surface area contributed by atoms with Gasteiger partial charge in [-0.2, -0.15) is 0 Å². The lowest BCUT2D eigenvalue weighted by Crippen LogP contribution is -2.19. The van der Waals surface area contributed by atoms with Crippen LogP contribution in [0.5, 0.6) is 0 Å². The molecule has 0 unspecified atom stereocenters. The minimum Gasteiger partial charge on any atom is -0.354 e.